The van der Waals surface area contributed by atoms with E-state index >= 15 is 0 Å². The number of rotatable bonds is 5. The van der Waals surface area contributed by atoms with Crippen molar-refractivity contribution in [2.45, 2.75) is 38.6 Å². The first kappa shape index (κ1) is 15.4. The molecule has 2 aliphatic rings. The van der Waals surface area contributed by atoms with Gasteiger partial charge in [-0.25, -0.2) is 0 Å². The highest BCUT2D eigenvalue weighted by molar-refractivity contribution is 5.57. The molecule has 1 unspecified atom stereocenters. The summed E-state index contributed by atoms with van der Waals surface area (Å²) >= 11 is 0. The van der Waals surface area contributed by atoms with Crippen molar-refractivity contribution in [1.29, 1.82) is 0 Å². The molecule has 1 aliphatic heterocycles. The topological polar surface area (TPSA) is 40.5 Å². The monoisotopic (exact) mass is 285 g/mol. The van der Waals surface area contributed by atoms with Crippen LogP contribution in [0.15, 0.2) is 59.4 Å². The molecule has 2 rings (SSSR count). The van der Waals surface area contributed by atoms with E-state index in [2.05, 4.69) is 20.1 Å². The number of carbonyl (C=O) groups is 1. The second-order valence-corrected chi connectivity index (χ2v) is 5.58. The summed E-state index contributed by atoms with van der Waals surface area (Å²) in [6.07, 6.45) is 9.68. The van der Waals surface area contributed by atoms with E-state index in [1.54, 1.807) is 6.08 Å². The van der Waals surface area contributed by atoms with E-state index < -0.39 is 0 Å². The van der Waals surface area contributed by atoms with E-state index in [4.69, 9.17) is 0 Å². The van der Waals surface area contributed by atoms with Crippen molar-refractivity contribution in [2.75, 3.05) is 6.54 Å². The Kier molecular flexibility index (Phi) is 4.84. The molecule has 1 N–H and O–H groups in total. The highest BCUT2D eigenvalue weighted by atomic mass is 16.3. The van der Waals surface area contributed by atoms with Gasteiger partial charge >= 0.3 is 0 Å². The number of aliphatic hydroxyl groups excluding tert-OH is 1. The van der Waals surface area contributed by atoms with E-state index in [1.165, 1.54) is 5.57 Å². The lowest BCUT2D eigenvalue weighted by Crippen LogP contribution is -2.39. The van der Waals surface area contributed by atoms with Gasteiger partial charge < -0.3 is 10.0 Å². The zero-order valence-electron chi connectivity index (χ0n) is 12.6. The van der Waals surface area contributed by atoms with Crippen LogP contribution < -0.4 is 0 Å². The third kappa shape index (κ3) is 3.18. The van der Waals surface area contributed by atoms with Gasteiger partial charge in [0.05, 0.1) is 5.76 Å². The second-order valence-electron chi connectivity index (χ2n) is 5.58. The van der Waals surface area contributed by atoms with Crippen LogP contribution in [-0.4, -0.2) is 29.0 Å². The fraction of sp³-hybridized carbons (Fsp3) is 0.389. The average molecular weight is 285 g/mol. The summed E-state index contributed by atoms with van der Waals surface area (Å²) in [5.74, 6) is 0.423. The van der Waals surface area contributed by atoms with Crippen LogP contribution in [0.4, 0.5) is 0 Å². The summed E-state index contributed by atoms with van der Waals surface area (Å²) < 4.78 is 0. The minimum absolute atomic E-state index is 0.228. The molecular formula is C18H23NO2. The molecular weight excluding hydrogens is 262 g/mol. The van der Waals surface area contributed by atoms with Gasteiger partial charge in [0.25, 0.3) is 0 Å². The van der Waals surface area contributed by atoms with Crippen LogP contribution in [0.2, 0.25) is 0 Å². The Morgan fingerprint density at radius 3 is 2.76 bits per heavy atom. The van der Waals surface area contributed by atoms with Gasteiger partial charge in [-0.1, -0.05) is 32.2 Å². The van der Waals surface area contributed by atoms with Crippen LogP contribution in [0.5, 0.6) is 0 Å². The molecule has 0 saturated heterocycles. The molecule has 0 saturated carbocycles. The molecule has 1 amide bonds. The average Bonchev–Trinajstić information content (AvgIpc) is 2.53. The minimum Gasteiger partial charge on any atom is -0.512 e. The number of allylic oxidation sites excluding steroid dienone is 5. The van der Waals surface area contributed by atoms with E-state index in [-0.39, 0.29) is 6.04 Å². The third-order valence-corrected chi connectivity index (χ3v) is 4.38. The van der Waals surface area contributed by atoms with Crippen LogP contribution in [0, 0.1) is 0 Å². The van der Waals surface area contributed by atoms with Gasteiger partial charge in [0.2, 0.25) is 6.41 Å². The molecule has 0 aromatic rings. The fourth-order valence-corrected chi connectivity index (χ4v) is 2.98. The molecule has 0 spiro atoms. The SMILES string of the molecule is C=CC1=C(C(=C)C2=CC=C(O)CC2)CC(CC)N(C=O)C1. The smallest absolute Gasteiger partial charge is 0.210 e. The molecule has 1 aliphatic carbocycles. The Hall–Kier alpha value is -2.03. The first-order valence-corrected chi connectivity index (χ1v) is 7.44. The Morgan fingerprint density at radius 1 is 1.48 bits per heavy atom. The lowest BCUT2D eigenvalue weighted by Gasteiger charge is -2.35. The number of nitrogens with zero attached hydrogens (tertiary/aromatic N) is 1. The zero-order chi connectivity index (χ0) is 15.4. The molecule has 0 bridgehead atoms. The second kappa shape index (κ2) is 6.61. The number of aliphatic hydroxyl groups is 1. The van der Waals surface area contributed by atoms with Gasteiger partial charge in [0.15, 0.2) is 0 Å². The van der Waals surface area contributed by atoms with Gasteiger partial charge in [0, 0.05) is 19.0 Å². The molecule has 0 aromatic carbocycles. The molecule has 3 heteroatoms. The Bertz CT molecular complexity index is 552. The lowest BCUT2D eigenvalue weighted by molar-refractivity contribution is -0.120. The van der Waals surface area contributed by atoms with E-state index in [0.717, 1.165) is 42.4 Å². The van der Waals surface area contributed by atoms with Crippen molar-refractivity contribution in [2.24, 2.45) is 0 Å². The predicted molar refractivity (Wildman–Crippen MR) is 85.9 cm³/mol. The van der Waals surface area contributed by atoms with Crippen LogP contribution in [-0.2, 0) is 4.79 Å². The van der Waals surface area contributed by atoms with Gasteiger partial charge in [0.1, 0.15) is 0 Å². The van der Waals surface area contributed by atoms with Crippen molar-refractivity contribution >= 4 is 6.41 Å². The number of amides is 1. The normalized spacial score (nSPS) is 22.5. The molecule has 1 atom stereocenters. The third-order valence-electron chi connectivity index (χ3n) is 4.38. The van der Waals surface area contributed by atoms with Crippen molar-refractivity contribution in [3.63, 3.8) is 0 Å². The molecule has 0 fully saturated rings. The van der Waals surface area contributed by atoms with Crippen LogP contribution >= 0.6 is 0 Å². The van der Waals surface area contributed by atoms with Gasteiger partial charge in [-0.2, -0.15) is 0 Å². The summed E-state index contributed by atoms with van der Waals surface area (Å²) in [5.41, 5.74) is 4.47. The zero-order valence-corrected chi connectivity index (χ0v) is 12.6. The highest BCUT2D eigenvalue weighted by Crippen LogP contribution is 2.35. The van der Waals surface area contributed by atoms with Crippen molar-refractivity contribution in [1.82, 2.24) is 4.90 Å². The van der Waals surface area contributed by atoms with Crippen molar-refractivity contribution in [3.05, 3.63) is 59.4 Å². The molecule has 1 heterocycles. The largest absolute Gasteiger partial charge is 0.512 e. The maximum Gasteiger partial charge on any atom is 0.210 e. The van der Waals surface area contributed by atoms with E-state index in [9.17, 15) is 9.90 Å². The van der Waals surface area contributed by atoms with E-state index in [0.29, 0.717) is 18.7 Å². The van der Waals surface area contributed by atoms with Crippen LogP contribution in [0.3, 0.4) is 0 Å². The maximum atomic E-state index is 11.2. The quantitative estimate of drug-likeness (QED) is 0.780. The highest BCUT2D eigenvalue weighted by Gasteiger charge is 2.26. The van der Waals surface area contributed by atoms with E-state index in [1.807, 2.05) is 17.1 Å². The number of hydrogen-bond donors (Lipinski definition) is 1. The number of hydrogen-bond acceptors (Lipinski definition) is 2. The Labute approximate surface area is 126 Å². The summed E-state index contributed by atoms with van der Waals surface area (Å²) in [6.45, 7) is 10.8. The Morgan fingerprint density at radius 2 is 2.24 bits per heavy atom. The lowest BCUT2D eigenvalue weighted by atomic mass is 9.83. The van der Waals surface area contributed by atoms with Crippen molar-refractivity contribution < 1.29 is 9.90 Å². The molecule has 0 radical (unpaired) electrons. The van der Waals surface area contributed by atoms with Crippen LogP contribution in [0.25, 0.3) is 0 Å². The summed E-state index contributed by atoms with van der Waals surface area (Å²) in [4.78, 5) is 13.0. The standard InChI is InChI=1S/C18H23NO2/c1-4-14-11-19(12-20)16(5-2)10-18(14)13(3)15-6-8-17(21)9-7-15/h4,6,8,12,16,21H,1,3,5,7,9-11H2,2H3. The van der Waals surface area contributed by atoms with Gasteiger partial charge in [-0.3, -0.25) is 4.79 Å². The van der Waals surface area contributed by atoms with Crippen molar-refractivity contribution in [3.8, 4) is 0 Å². The number of carbonyl (C=O) groups excluding carboxylic acids is 1. The van der Waals surface area contributed by atoms with Gasteiger partial charge in [-0.05, 0) is 47.6 Å². The minimum atomic E-state index is 0.228. The first-order chi connectivity index (χ1) is 10.1. The van der Waals surface area contributed by atoms with Crippen LogP contribution in [0.1, 0.15) is 32.6 Å². The maximum absolute atomic E-state index is 11.2. The summed E-state index contributed by atoms with van der Waals surface area (Å²) in [6, 6.07) is 0.228. The summed E-state index contributed by atoms with van der Waals surface area (Å²) in [5, 5.41) is 9.48. The fourth-order valence-electron chi connectivity index (χ4n) is 2.98. The Balaban J connectivity index is 2.31. The summed E-state index contributed by atoms with van der Waals surface area (Å²) in [7, 11) is 0. The molecule has 21 heavy (non-hydrogen) atoms. The van der Waals surface area contributed by atoms with Gasteiger partial charge in [-0.15, -0.1) is 0 Å². The predicted octanol–water partition coefficient (Wildman–Crippen LogP) is 3.83. The molecule has 0 aromatic heterocycles. The molecule has 3 nitrogen and oxygen atoms in total. The molecule has 112 valence electrons. The first-order valence-electron chi connectivity index (χ1n) is 7.44.